The van der Waals surface area contributed by atoms with Crippen LogP contribution in [0, 0.1) is 5.92 Å². The summed E-state index contributed by atoms with van der Waals surface area (Å²) in [7, 11) is 0. The normalized spacial score (nSPS) is 27.3. The lowest BCUT2D eigenvalue weighted by molar-refractivity contribution is -0.140. The summed E-state index contributed by atoms with van der Waals surface area (Å²) in [6.07, 6.45) is 1.55. The summed E-state index contributed by atoms with van der Waals surface area (Å²) in [6.45, 7) is 1.83. The lowest BCUT2D eigenvalue weighted by atomic mass is 9.85. The van der Waals surface area contributed by atoms with Gasteiger partial charge in [0.25, 0.3) is 0 Å². The van der Waals surface area contributed by atoms with Crippen molar-refractivity contribution in [2.75, 3.05) is 0 Å². The van der Waals surface area contributed by atoms with E-state index in [1.807, 2.05) is 6.92 Å². The van der Waals surface area contributed by atoms with Crippen LogP contribution in [-0.2, 0) is 11.0 Å². The van der Waals surface area contributed by atoms with Crippen molar-refractivity contribution in [1.82, 2.24) is 15.6 Å². The first-order valence-electron chi connectivity index (χ1n) is 8.47. The molecule has 0 aromatic carbocycles. The van der Waals surface area contributed by atoms with E-state index in [2.05, 4.69) is 15.6 Å². The van der Waals surface area contributed by atoms with Crippen molar-refractivity contribution in [3.8, 4) is 0 Å². The third-order valence-electron chi connectivity index (χ3n) is 5.01. The Morgan fingerprint density at radius 1 is 1.44 bits per heavy atom. The van der Waals surface area contributed by atoms with Gasteiger partial charge in [-0.15, -0.1) is 23.7 Å². The molecule has 1 aliphatic heterocycles. The second kappa shape index (κ2) is 8.22. The second-order valence-corrected chi connectivity index (χ2v) is 7.53. The molecule has 1 aromatic heterocycles. The van der Waals surface area contributed by atoms with E-state index in [1.54, 1.807) is 0 Å². The van der Waals surface area contributed by atoms with Crippen LogP contribution in [0.4, 0.5) is 13.2 Å². The zero-order chi connectivity index (χ0) is 17.3. The molecule has 4 nitrogen and oxygen atoms in total. The molecule has 142 valence electrons. The number of hydrogen-bond acceptors (Lipinski definition) is 4. The molecule has 2 N–H and O–H groups in total. The number of fused-ring (bicyclic) bond motifs is 1. The van der Waals surface area contributed by atoms with E-state index in [-0.39, 0.29) is 24.4 Å². The largest absolute Gasteiger partial charge is 0.434 e. The molecule has 4 unspecified atom stereocenters. The standard InChI is InChI=1S/C16H22F3N3OS.ClH/c1-2-10(15-22-13(8-24-15)16(17,18)19)21-14(23)12-7-9-5-3-4-6-11(9)20-12;/h8-12,20H,2-7H2,1H3,(H,21,23);1H. The van der Waals surface area contributed by atoms with Crippen LogP contribution in [0.25, 0.3) is 0 Å². The van der Waals surface area contributed by atoms with E-state index < -0.39 is 17.9 Å². The molecule has 2 fully saturated rings. The summed E-state index contributed by atoms with van der Waals surface area (Å²) in [5.41, 5.74) is -0.889. The molecule has 3 rings (SSSR count). The minimum Gasteiger partial charge on any atom is -0.346 e. The van der Waals surface area contributed by atoms with Gasteiger partial charge in [0.15, 0.2) is 5.69 Å². The van der Waals surface area contributed by atoms with E-state index in [9.17, 15) is 18.0 Å². The fourth-order valence-corrected chi connectivity index (χ4v) is 4.67. The zero-order valence-corrected chi connectivity index (χ0v) is 15.6. The van der Waals surface area contributed by atoms with Gasteiger partial charge in [0.2, 0.25) is 5.91 Å². The minimum absolute atomic E-state index is 0. The first-order chi connectivity index (χ1) is 11.4. The number of halogens is 4. The average Bonchev–Trinajstić information content (AvgIpc) is 3.18. The Balaban J connectivity index is 0.00000225. The SMILES string of the molecule is CCC(NC(=O)C1CC2CCCCC2N1)c1nc(C(F)(F)F)cs1.Cl. The van der Waals surface area contributed by atoms with Crippen LogP contribution >= 0.6 is 23.7 Å². The Bertz CT molecular complexity index is 581. The third kappa shape index (κ3) is 4.65. The maximum atomic E-state index is 12.7. The smallest absolute Gasteiger partial charge is 0.346 e. The molecule has 25 heavy (non-hydrogen) atoms. The van der Waals surface area contributed by atoms with E-state index in [1.165, 1.54) is 12.8 Å². The number of hydrogen-bond donors (Lipinski definition) is 2. The number of alkyl halides is 3. The summed E-state index contributed by atoms with van der Waals surface area (Å²) in [5, 5.41) is 7.59. The Labute approximate surface area is 155 Å². The Morgan fingerprint density at radius 3 is 2.76 bits per heavy atom. The van der Waals surface area contributed by atoms with Gasteiger partial charge in [-0.2, -0.15) is 13.2 Å². The molecule has 0 radical (unpaired) electrons. The molecule has 1 aromatic rings. The summed E-state index contributed by atoms with van der Waals surface area (Å²) in [6, 6.07) is -0.302. The Morgan fingerprint density at radius 2 is 2.16 bits per heavy atom. The van der Waals surface area contributed by atoms with Crippen molar-refractivity contribution in [3.05, 3.63) is 16.1 Å². The summed E-state index contributed by atoms with van der Waals surface area (Å²) < 4.78 is 38.1. The van der Waals surface area contributed by atoms with E-state index in [4.69, 9.17) is 0 Å². The highest BCUT2D eigenvalue weighted by atomic mass is 35.5. The highest BCUT2D eigenvalue weighted by molar-refractivity contribution is 7.09. The maximum absolute atomic E-state index is 12.7. The average molecular weight is 398 g/mol. The van der Waals surface area contributed by atoms with Crippen LogP contribution < -0.4 is 10.6 Å². The van der Waals surface area contributed by atoms with Gasteiger partial charge in [-0.25, -0.2) is 4.98 Å². The van der Waals surface area contributed by atoms with Crippen molar-refractivity contribution in [2.45, 2.75) is 69.8 Å². The fraction of sp³-hybridized carbons (Fsp3) is 0.750. The lowest BCUT2D eigenvalue weighted by Crippen LogP contribution is -2.44. The van der Waals surface area contributed by atoms with Crippen LogP contribution in [-0.4, -0.2) is 23.0 Å². The van der Waals surface area contributed by atoms with Gasteiger partial charge in [0.1, 0.15) is 5.01 Å². The second-order valence-electron chi connectivity index (χ2n) is 6.64. The number of carbonyl (C=O) groups is 1. The van der Waals surface area contributed by atoms with Gasteiger partial charge >= 0.3 is 6.18 Å². The van der Waals surface area contributed by atoms with Crippen molar-refractivity contribution in [3.63, 3.8) is 0 Å². The predicted molar refractivity (Wildman–Crippen MR) is 92.8 cm³/mol. The Kier molecular flexibility index (Phi) is 6.73. The van der Waals surface area contributed by atoms with Gasteiger partial charge in [-0.1, -0.05) is 19.8 Å². The van der Waals surface area contributed by atoms with E-state index in [0.29, 0.717) is 23.4 Å². The van der Waals surface area contributed by atoms with Crippen LogP contribution in [0.15, 0.2) is 5.38 Å². The third-order valence-corrected chi connectivity index (χ3v) is 5.97. The molecule has 0 bridgehead atoms. The molecule has 4 atom stereocenters. The van der Waals surface area contributed by atoms with E-state index in [0.717, 1.165) is 36.0 Å². The number of carbonyl (C=O) groups excluding carboxylic acids is 1. The fourth-order valence-electron chi connectivity index (χ4n) is 3.71. The van der Waals surface area contributed by atoms with Crippen molar-refractivity contribution >= 4 is 29.7 Å². The van der Waals surface area contributed by atoms with Crippen LogP contribution in [0.2, 0.25) is 0 Å². The van der Waals surface area contributed by atoms with Gasteiger partial charge in [-0.3, -0.25) is 4.79 Å². The van der Waals surface area contributed by atoms with Crippen molar-refractivity contribution < 1.29 is 18.0 Å². The minimum atomic E-state index is -4.44. The molecule has 1 saturated heterocycles. The monoisotopic (exact) mass is 397 g/mol. The number of nitrogens with one attached hydrogen (secondary N) is 2. The molecular formula is C16H23ClF3N3OS. The van der Waals surface area contributed by atoms with Gasteiger partial charge in [0.05, 0.1) is 12.1 Å². The van der Waals surface area contributed by atoms with Gasteiger partial charge in [-0.05, 0) is 31.6 Å². The molecule has 1 aliphatic carbocycles. The van der Waals surface area contributed by atoms with Gasteiger partial charge < -0.3 is 10.6 Å². The molecule has 1 amide bonds. The highest BCUT2D eigenvalue weighted by Gasteiger charge is 2.39. The summed E-state index contributed by atoms with van der Waals surface area (Å²) in [4.78, 5) is 16.2. The highest BCUT2D eigenvalue weighted by Crippen LogP contribution is 2.34. The van der Waals surface area contributed by atoms with Gasteiger partial charge in [0, 0.05) is 11.4 Å². The Hall–Kier alpha value is -0.860. The number of aromatic nitrogens is 1. The van der Waals surface area contributed by atoms with Crippen molar-refractivity contribution in [2.24, 2.45) is 5.92 Å². The molecular weight excluding hydrogens is 375 g/mol. The number of rotatable bonds is 4. The topological polar surface area (TPSA) is 54.0 Å². The lowest BCUT2D eigenvalue weighted by Gasteiger charge is -2.24. The first-order valence-corrected chi connectivity index (χ1v) is 9.35. The zero-order valence-electron chi connectivity index (χ0n) is 13.9. The first kappa shape index (κ1) is 20.5. The van der Waals surface area contributed by atoms with Crippen LogP contribution in [0.5, 0.6) is 0 Å². The number of nitrogens with zero attached hydrogens (tertiary/aromatic N) is 1. The van der Waals surface area contributed by atoms with E-state index >= 15 is 0 Å². The molecule has 2 heterocycles. The molecule has 9 heteroatoms. The number of thiazole rings is 1. The number of amides is 1. The molecule has 1 saturated carbocycles. The van der Waals surface area contributed by atoms with Crippen LogP contribution in [0.3, 0.4) is 0 Å². The molecule has 0 spiro atoms. The predicted octanol–water partition coefficient (Wildman–Crippen LogP) is 4.07. The molecule has 2 aliphatic rings. The summed E-state index contributed by atoms with van der Waals surface area (Å²) in [5.74, 6) is 0.422. The van der Waals surface area contributed by atoms with Crippen LogP contribution in [0.1, 0.15) is 62.2 Å². The summed E-state index contributed by atoms with van der Waals surface area (Å²) >= 11 is 0.947. The maximum Gasteiger partial charge on any atom is 0.434 e. The quantitative estimate of drug-likeness (QED) is 0.805. The van der Waals surface area contributed by atoms with Crippen molar-refractivity contribution in [1.29, 1.82) is 0 Å².